The van der Waals surface area contributed by atoms with E-state index in [2.05, 4.69) is 17.0 Å². The molecule has 0 heterocycles. The van der Waals surface area contributed by atoms with Gasteiger partial charge in [-0.25, -0.2) is 13.1 Å². The number of hydrogen-bond donors (Lipinski definition) is 3. The molecule has 6 heteroatoms. The lowest BCUT2D eigenvalue weighted by Crippen LogP contribution is -2.51. The van der Waals surface area contributed by atoms with Crippen molar-refractivity contribution in [3.05, 3.63) is 29.8 Å². The summed E-state index contributed by atoms with van der Waals surface area (Å²) in [7, 11) is -3.20. The predicted molar refractivity (Wildman–Crippen MR) is 86.0 cm³/mol. The van der Waals surface area contributed by atoms with Crippen LogP contribution < -0.4 is 10.0 Å². The van der Waals surface area contributed by atoms with Crippen molar-refractivity contribution in [2.45, 2.75) is 45.2 Å². The molecule has 1 atom stereocenters. The van der Waals surface area contributed by atoms with Crippen molar-refractivity contribution in [1.82, 2.24) is 10.0 Å². The third-order valence-electron chi connectivity index (χ3n) is 3.16. The van der Waals surface area contributed by atoms with E-state index in [9.17, 15) is 13.5 Å². The fraction of sp³-hybridized carbons (Fsp3) is 0.600. The zero-order chi connectivity index (χ0) is 16.1. The Kier molecular flexibility index (Phi) is 6.19. The summed E-state index contributed by atoms with van der Waals surface area (Å²) in [5, 5.41) is 12.6. The van der Waals surface area contributed by atoms with Crippen LogP contribution in [0.25, 0.3) is 0 Å². The quantitative estimate of drug-likeness (QED) is 0.681. The SMILES string of the molecule is CC(CCc1ccc(O)cc1)NCC(C)(C)NS(C)(=O)=O. The first-order valence-corrected chi connectivity index (χ1v) is 8.97. The van der Waals surface area contributed by atoms with Gasteiger partial charge in [-0.15, -0.1) is 0 Å². The van der Waals surface area contributed by atoms with Gasteiger partial charge in [-0.1, -0.05) is 12.1 Å². The predicted octanol–water partition coefficient (Wildman–Crippen LogP) is 1.63. The second-order valence-electron chi connectivity index (χ2n) is 6.25. The van der Waals surface area contributed by atoms with Gasteiger partial charge in [0.2, 0.25) is 10.0 Å². The van der Waals surface area contributed by atoms with Gasteiger partial charge in [-0.3, -0.25) is 0 Å². The lowest BCUT2D eigenvalue weighted by atomic mass is 10.0. The smallest absolute Gasteiger partial charge is 0.209 e. The molecule has 0 saturated carbocycles. The van der Waals surface area contributed by atoms with Crippen LogP contribution in [0.3, 0.4) is 0 Å². The molecule has 0 bridgehead atoms. The topological polar surface area (TPSA) is 78.4 Å². The Bertz CT molecular complexity index is 539. The van der Waals surface area contributed by atoms with Gasteiger partial charge < -0.3 is 10.4 Å². The van der Waals surface area contributed by atoms with Crippen LogP contribution >= 0.6 is 0 Å². The summed E-state index contributed by atoms with van der Waals surface area (Å²) in [5.74, 6) is 0.276. The van der Waals surface area contributed by atoms with Gasteiger partial charge in [-0.2, -0.15) is 0 Å². The summed E-state index contributed by atoms with van der Waals surface area (Å²) in [6.45, 7) is 6.36. The Hall–Kier alpha value is -1.11. The lowest BCUT2D eigenvalue weighted by molar-refractivity contribution is 0.387. The zero-order valence-corrected chi connectivity index (χ0v) is 14.0. The molecule has 0 radical (unpaired) electrons. The number of phenols is 1. The molecule has 21 heavy (non-hydrogen) atoms. The molecule has 0 aliphatic carbocycles. The van der Waals surface area contributed by atoms with Crippen molar-refractivity contribution in [2.24, 2.45) is 0 Å². The van der Waals surface area contributed by atoms with E-state index in [-0.39, 0.29) is 11.8 Å². The monoisotopic (exact) mass is 314 g/mol. The van der Waals surface area contributed by atoms with Crippen molar-refractivity contribution < 1.29 is 13.5 Å². The molecule has 0 aliphatic heterocycles. The lowest BCUT2D eigenvalue weighted by Gasteiger charge is -2.27. The van der Waals surface area contributed by atoms with Crippen LogP contribution in [0.4, 0.5) is 0 Å². The normalized spacial score (nSPS) is 14.1. The van der Waals surface area contributed by atoms with Gasteiger partial charge in [0.05, 0.1) is 6.26 Å². The third kappa shape index (κ3) is 8.04. The molecule has 1 rings (SSSR count). The maximum atomic E-state index is 11.3. The van der Waals surface area contributed by atoms with Gasteiger partial charge >= 0.3 is 0 Å². The minimum absolute atomic E-state index is 0.276. The number of aryl methyl sites for hydroxylation is 1. The maximum absolute atomic E-state index is 11.3. The fourth-order valence-electron chi connectivity index (χ4n) is 2.12. The van der Waals surface area contributed by atoms with Crippen LogP contribution in [0.2, 0.25) is 0 Å². The number of hydrogen-bond acceptors (Lipinski definition) is 4. The minimum Gasteiger partial charge on any atom is -0.508 e. The van der Waals surface area contributed by atoms with Crippen molar-refractivity contribution in [3.63, 3.8) is 0 Å². The molecule has 5 nitrogen and oxygen atoms in total. The molecule has 1 aromatic rings. The summed E-state index contributed by atoms with van der Waals surface area (Å²) >= 11 is 0. The van der Waals surface area contributed by atoms with E-state index in [0.29, 0.717) is 6.54 Å². The first kappa shape index (κ1) is 17.9. The van der Waals surface area contributed by atoms with Crippen molar-refractivity contribution in [1.29, 1.82) is 0 Å². The van der Waals surface area contributed by atoms with Crippen LogP contribution in [-0.2, 0) is 16.4 Å². The first-order chi connectivity index (χ1) is 9.57. The summed E-state index contributed by atoms with van der Waals surface area (Å²) in [4.78, 5) is 0. The Morgan fingerprint density at radius 2 is 1.81 bits per heavy atom. The van der Waals surface area contributed by atoms with E-state index < -0.39 is 15.6 Å². The summed E-state index contributed by atoms with van der Waals surface area (Å²) in [6.07, 6.45) is 3.02. The summed E-state index contributed by atoms with van der Waals surface area (Å²) in [5.41, 5.74) is 0.662. The maximum Gasteiger partial charge on any atom is 0.209 e. The molecular weight excluding hydrogens is 288 g/mol. The highest BCUT2D eigenvalue weighted by atomic mass is 32.2. The minimum atomic E-state index is -3.20. The van der Waals surface area contributed by atoms with Crippen molar-refractivity contribution >= 4 is 10.0 Å². The van der Waals surface area contributed by atoms with Gasteiger partial charge in [0.1, 0.15) is 5.75 Å². The van der Waals surface area contributed by atoms with Crippen LogP contribution in [-0.4, -0.2) is 37.9 Å². The molecule has 120 valence electrons. The Balaban J connectivity index is 2.37. The molecule has 0 aromatic heterocycles. The second-order valence-corrected chi connectivity index (χ2v) is 7.99. The number of phenolic OH excluding ortho intramolecular Hbond substituents is 1. The molecule has 0 fully saturated rings. The van der Waals surface area contributed by atoms with Crippen LogP contribution in [0.1, 0.15) is 32.8 Å². The molecule has 3 N–H and O–H groups in total. The van der Waals surface area contributed by atoms with E-state index in [0.717, 1.165) is 12.8 Å². The van der Waals surface area contributed by atoms with Gasteiger partial charge in [0, 0.05) is 18.1 Å². The van der Waals surface area contributed by atoms with Crippen LogP contribution in [0, 0.1) is 0 Å². The van der Waals surface area contributed by atoms with E-state index in [1.165, 1.54) is 11.8 Å². The van der Waals surface area contributed by atoms with E-state index in [4.69, 9.17) is 0 Å². The highest BCUT2D eigenvalue weighted by Gasteiger charge is 2.22. The Morgan fingerprint density at radius 1 is 1.24 bits per heavy atom. The van der Waals surface area contributed by atoms with Crippen molar-refractivity contribution in [2.75, 3.05) is 12.8 Å². The van der Waals surface area contributed by atoms with Gasteiger partial charge in [-0.05, 0) is 51.3 Å². The Morgan fingerprint density at radius 3 is 2.33 bits per heavy atom. The molecule has 1 aromatic carbocycles. The second kappa shape index (κ2) is 7.24. The van der Waals surface area contributed by atoms with Crippen molar-refractivity contribution in [3.8, 4) is 5.75 Å². The highest BCUT2D eigenvalue weighted by Crippen LogP contribution is 2.12. The largest absolute Gasteiger partial charge is 0.508 e. The molecule has 0 aliphatic rings. The molecule has 1 unspecified atom stereocenters. The average Bonchev–Trinajstić information content (AvgIpc) is 2.33. The number of sulfonamides is 1. The first-order valence-electron chi connectivity index (χ1n) is 7.08. The van der Waals surface area contributed by atoms with Crippen LogP contribution in [0.15, 0.2) is 24.3 Å². The number of rotatable bonds is 8. The molecular formula is C15H26N2O3S. The van der Waals surface area contributed by atoms with Gasteiger partial charge in [0.25, 0.3) is 0 Å². The third-order valence-corrected chi connectivity index (χ3v) is 4.08. The fourth-order valence-corrected chi connectivity index (χ4v) is 3.19. The molecule has 0 saturated heterocycles. The highest BCUT2D eigenvalue weighted by molar-refractivity contribution is 7.88. The number of nitrogens with one attached hydrogen (secondary N) is 2. The zero-order valence-electron chi connectivity index (χ0n) is 13.2. The summed E-state index contributed by atoms with van der Waals surface area (Å²) in [6, 6.07) is 7.48. The number of aromatic hydroxyl groups is 1. The summed E-state index contributed by atoms with van der Waals surface area (Å²) < 4.78 is 25.2. The molecule has 0 spiro atoms. The van der Waals surface area contributed by atoms with Crippen LogP contribution in [0.5, 0.6) is 5.75 Å². The van der Waals surface area contributed by atoms with E-state index in [1.807, 2.05) is 26.0 Å². The van der Waals surface area contributed by atoms with Gasteiger partial charge in [0.15, 0.2) is 0 Å². The van der Waals surface area contributed by atoms with E-state index >= 15 is 0 Å². The Labute approximate surface area is 127 Å². The standard InChI is InChI=1S/C15H26N2O3S/c1-12(5-6-13-7-9-14(18)10-8-13)16-11-15(2,3)17-21(4,19)20/h7-10,12,16-18H,5-6,11H2,1-4H3. The number of benzene rings is 1. The van der Waals surface area contributed by atoms with E-state index in [1.54, 1.807) is 12.1 Å². The average molecular weight is 314 g/mol. The molecule has 0 amide bonds.